The molecule has 1 aromatic heterocycles. The van der Waals surface area contributed by atoms with Crippen LogP contribution in [0.2, 0.25) is 0 Å². The third-order valence-electron chi connectivity index (χ3n) is 4.49. The van der Waals surface area contributed by atoms with Gasteiger partial charge in [0.05, 0.1) is 0 Å². The molecule has 2 N–H and O–H groups in total. The lowest BCUT2D eigenvalue weighted by molar-refractivity contribution is 0.465. The number of fused-ring (bicyclic) bond motifs is 3. The van der Waals surface area contributed by atoms with Crippen LogP contribution in [0.25, 0.3) is 11.4 Å². The van der Waals surface area contributed by atoms with E-state index in [9.17, 15) is 0 Å². The molecule has 0 saturated carbocycles. The monoisotopic (exact) mass is 273 g/mol. The van der Waals surface area contributed by atoms with Crippen LogP contribution in [0.1, 0.15) is 11.1 Å². The van der Waals surface area contributed by atoms with Gasteiger partial charge >= 0.3 is 0 Å². The summed E-state index contributed by atoms with van der Waals surface area (Å²) in [6.07, 6.45) is 3.88. The summed E-state index contributed by atoms with van der Waals surface area (Å²) in [4.78, 5) is 4.53. The fourth-order valence-electron chi connectivity index (χ4n) is 3.43. The van der Waals surface area contributed by atoms with E-state index in [1.165, 1.54) is 22.2 Å². The number of hydrogen-bond donors (Lipinski definition) is 1. The molecule has 2 heterocycles. The molecule has 1 aliphatic heterocycles. The zero-order chi connectivity index (χ0) is 14.4. The van der Waals surface area contributed by atoms with Crippen LogP contribution >= 0.6 is 0 Å². The predicted octanol–water partition coefficient (Wildman–Crippen LogP) is 0.872. The second-order valence-electron chi connectivity index (χ2n) is 5.60. The summed E-state index contributed by atoms with van der Waals surface area (Å²) in [5.74, 6) is 0.997. The van der Waals surface area contributed by atoms with Gasteiger partial charge in [-0.2, -0.15) is 0 Å². The predicted molar refractivity (Wildman–Crippen MR) is 87.5 cm³/mol. The zero-order valence-electron chi connectivity index (χ0n) is 12.0. The molecule has 102 valence electrons. The molecule has 0 spiro atoms. The Balaban J connectivity index is 2.07. The highest BCUT2D eigenvalue weighted by Gasteiger charge is 2.43. The lowest BCUT2D eigenvalue weighted by Gasteiger charge is -2.32. The zero-order valence-corrected chi connectivity index (χ0v) is 12.0. The van der Waals surface area contributed by atoms with Crippen LogP contribution < -0.4 is 11.2 Å². The van der Waals surface area contributed by atoms with Gasteiger partial charge in [0.1, 0.15) is 19.2 Å². The van der Waals surface area contributed by atoms with Crippen molar-refractivity contribution in [1.82, 2.24) is 9.55 Å². The van der Waals surface area contributed by atoms with Crippen molar-refractivity contribution in [3.63, 3.8) is 0 Å². The van der Waals surface area contributed by atoms with Crippen LogP contribution in [0, 0.1) is 0 Å². The van der Waals surface area contributed by atoms with E-state index in [2.05, 4.69) is 65.9 Å². The average Bonchev–Trinajstić information content (AvgIpc) is 3.09. The van der Waals surface area contributed by atoms with E-state index in [-0.39, 0.29) is 5.54 Å². The normalized spacial score (nSPS) is 19.3. The fraction of sp³-hybridized carbons (Fsp3) is 0.118. The summed E-state index contributed by atoms with van der Waals surface area (Å²) in [6, 6.07) is 17.1. The van der Waals surface area contributed by atoms with Gasteiger partial charge in [-0.3, -0.25) is 0 Å². The number of benzene rings is 2. The molecule has 2 aromatic carbocycles. The van der Waals surface area contributed by atoms with Crippen molar-refractivity contribution < 1.29 is 0 Å². The highest BCUT2D eigenvalue weighted by atomic mass is 15.2. The van der Waals surface area contributed by atoms with Crippen molar-refractivity contribution in [2.24, 2.45) is 5.73 Å². The van der Waals surface area contributed by atoms with Crippen LogP contribution in [0.15, 0.2) is 60.9 Å². The Kier molecular flexibility index (Phi) is 2.56. The Morgan fingerprint density at radius 1 is 1.10 bits per heavy atom. The number of nitrogens with zero attached hydrogens (tertiary/aromatic N) is 2. The van der Waals surface area contributed by atoms with Crippen molar-refractivity contribution >= 4 is 13.3 Å². The number of aromatic nitrogens is 2. The molecule has 4 rings (SSSR count). The maximum Gasteiger partial charge on any atom is 0.141 e. The summed E-state index contributed by atoms with van der Waals surface area (Å²) in [5.41, 5.74) is 10.8. The van der Waals surface area contributed by atoms with Gasteiger partial charge in [-0.25, -0.2) is 4.98 Å². The Labute approximate surface area is 124 Å². The molecule has 21 heavy (non-hydrogen) atoms. The highest BCUT2D eigenvalue weighted by molar-refractivity contribution is 6.32. The van der Waals surface area contributed by atoms with E-state index in [0.717, 1.165) is 5.82 Å². The van der Waals surface area contributed by atoms with E-state index in [1.54, 1.807) is 0 Å². The molecule has 0 amide bonds. The van der Waals surface area contributed by atoms with Gasteiger partial charge in [-0.05, 0) is 11.1 Å². The van der Waals surface area contributed by atoms with Gasteiger partial charge in [0.2, 0.25) is 0 Å². The first kappa shape index (κ1) is 12.4. The fourth-order valence-corrected chi connectivity index (χ4v) is 3.43. The number of hydrogen-bond acceptors (Lipinski definition) is 2. The van der Waals surface area contributed by atoms with Gasteiger partial charge in [-0.15, -0.1) is 0 Å². The molecule has 1 unspecified atom stereocenters. The minimum Gasteiger partial charge on any atom is -0.328 e. The lowest BCUT2D eigenvalue weighted by Crippen LogP contribution is -2.40. The van der Waals surface area contributed by atoms with Crippen molar-refractivity contribution in [1.29, 1.82) is 0 Å². The average molecular weight is 273 g/mol. The third-order valence-corrected chi connectivity index (χ3v) is 4.49. The minimum atomic E-state index is -0.351. The van der Waals surface area contributed by atoms with E-state index in [4.69, 9.17) is 5.73 Å². The van der Waals surface area contributed by atoms with Crippen LogP contribution in [-0.2, 0) is 5.54 Å². The summed E-state index contributed by atoms with van der Waals surface area (Å²) in [5, 5.41) is 0. The molecule has 0 saturated heterocycles. The molecule has 1 aliphatic rings. The second-order valence-corrected chi connectivity index (χ2v) is 5.60. The molecular weight excluding hydrogens is 257 g/mol. The van der Waals surface area contributed by atoms with Crippen molar-refractivity contribution in [2.75, 3.05) is 6.54 Å². The van der Waals surface area contributed by atoms with Crippen molar-refractivity contribution in [2.45, 2.75) is 5.54 Å². The molecule has 0 bridgehead atoms. The first-order chi connectivity index (χ1) is 10.3. The Morgan fingerprint density at radius 3 is 2.62 bits per heavy atom. The molecule has 3 aromatic rings. The maximum absolute atomic E-state index is 6.28. The Hall–Kier alpha value is -2.33. The smallest absolute Gasteiger partial charge is 0.141 e. The molecule has 0 radical (unpaired) electrons. The third kappa shape index (κ3) is 1.51. The summed E-state index contributed by atoms with van der Waals surface area (Å²) in [6.45, 7) is 0.510. The van der Waals surface area contributed by atoms with Gasteiger partial charge in [-0.1, -0.05) is 54.0 Å². The Bertz CT molecular complexity index is 807. The standard InChI is InChI=1S/C17H16BN3/c18-13-7-5-12(6-8-13)17(11-19)15-4-2-1-3-14(15)16-20-9-10-21(16)17/h1-10H,11,18-19H2. The lowest BCUT2D eigenvalue weighted by atomic mass is 9.81. The van der Waals surface area contributed by atoms with Crippen LogP contribution in [0.3, 0.4) is 0 Å². The van der Waals surface area contributed by atoms with Crippen LogP contribution in [0.4, 0.5) is 0 Å². The molecule has 0 fully saturated rings. The molecule has 4 heteroatoms. The molecule has 0 aliphatic carbocycles. The highest BCUT2D eigenvalue weighted by Crippen LogP contribution is 2.45. The van der Waals surface area contributed by atoms with Crippen molar-refractivity contribution in [3.05, 3.63) is 72.1 Å². The van der Waals surface area contributed by atoms with E-state index in [0.29, 0.717) is 6.54 Å². The van der Waals surface area contributed by atoms with Crippen LogP contribution in [0.5, 0.6) is 0 Å². The largest absolute Gasteiger partial charge is 0.328 e. The second kappa shape index (κ2) is 4.33. The van der Waals surface area contributed by atoms with Gasteiger partial charge < -0.3 is 10.3 Å². The molecule has 1 atom stereocenters. The van der Waals surface area contributed by atoms with E-state index < -0.39 is 0 Å². The number of rotatable bonds is 2. The summed E-state index contributed by atoms with van der Waals surface area (Å²) >= 11 is 0. The van der Waals surface area contributed by atoms with Gasteiger partial charge in [0.25, 0.3) is 0 Å². The maximum atomic E-state index is 6.28. The van der Waals surface area contributed by atoms with E-state index in [1.807, 2.05) is 12.4 Å². The quantitative estimate of drug-likeness (QED) is 0.704. The molecular formula is C17H16BN3. The van der Waals surface area contributed by atoms with Crippen molar-refractivity contribution in [3.8, 4) is 11.4 Å². The van der Waals surface area contributed by atoms with Gasteiger partial charge in [0, 0.05) is 24.5 Å². The SMILES string of the molecule is Bc1ccc(C2(CN)c3ccccc3-c3nccn32)cc1. The first-order valence-corrected chi connectivity index (χ1v) is 7.18. The van der Waals surface area contributed by atoms with Gasteiger partial charge in [0.15, 0.2) is 0 Å². The topological polar surface area (TPSA) is 43.8 Å². The molecule has 3 nitrogen and oxygen atoms in total. The number of imidazole rings is 1. The number of nitrogens with two attached hydrogens (primary N) is 1. The summed E-state index contributed by atoms with van der Waals surface area (Å²) < 4.78 is 2.21. The Morgan fingerprint density at radius 2 is 1.86 bits per heavy atom. The summed E-state index contributed by atoms with van der Waals surface area (Å²) in [7, 11) is 2.10. The minimum absolute atomic E-state index is 0.351. The van der Waals surface area contributed by atoms with E-state index >= 15 is 0 Å². The first-order valence-electron chi connectivity index (χ1n) is 7.18. The van der Waals surface area contributed by atoms with Crippen LogP contribution in [-0.4, -0.2) is 23.9 Å².